The molecule has 0 bridgehead atoms. The summed E-state index contributed by atoms with van der Waals surface area (Å²) in [5.74, 6) is -2.15. The van der Waals surface area contributed by atoms with Gasteiger partial charge in [-0.15, -0.1) is 0 Å². The molecule has 5 atom stereocenters. The Labute approximate surface area is 148 Å². The first-order chi connectivity index (χ1) is 12.3. The van der Waals surface area contributed by atoms with Crippen LogP contribution in [-0.2, 0) is 38.1 Å². The summed E-state index contributed by atoms with van der Waals surface area (Å²) < 4.78 is 26.3. The van der Waals surface area contributed by atoms with Crippen molar-refractivity contribution in [3.63, 3.8) is 0 Å². The Morgan fingerprint density at radius 3 is 2.08 bits per heavy atom. The minimum atomic E-state index is -1.27. The maximum atomic E-state index is 11.5. The number of aliphatic hydroxyl groups excluding tert-OH is 1. The van der Waals surface area contributed by atoms with Crippen molar-refractivity contribution in [3.8, 4) is 0 Å². The van der Waals surface area contributed by atoms with Crippen LogP contribution in [0.3, 0.4) is 0 Å². The summed E-state index contributed by atoms with van der Waals surface area (Å²) in [5, 5.41) is 12.8. The van der Waals surface area contributed by atoms with E-state index in [1.807, 2.05) is 0 Å². The lowest BCUT2D eigenvalue weighted by Crippen LogP contribution is -2.62. The summed E-state index contributed by atoms with van der Waals surface area (Å²) >= 11 is 0. The Bertz CT molecular complexity index is 564. The molecule has 0 aromatic rings. The summed E-state index contributed by atoms with van der Waals surface area (Å²) in [6.07, 6.45) is -6.10. The van der Waals surface area contributed by atoms with Gasteiger partial charge in [-0.3, -0.25) is 14.4 Å². The monoisotopic (exact) mass is 375 g/mol. The number of azide groups is 1. The minimum absolute atomic E-state index is 0.0292. The number of nitrogens with zero attached hydrogens (tertiary/aromatic N) is 3. The van der Waals surface area contributed by atoms with Crippen LogP contribution in [-0.4, -0.2) is 73.5 Å². The van der Waals surface area contributed by atoms with Crippen molar-refractivity contribution in [1.82, 2.24) is 0 Å². The Hall–Kier alpha value is -2.40. The van der Waals surface area contributed by atoms with Crippen molar-refractivity contribution < 1.29 is 43.2 Å². The third-order valence-electron chi connectivity index (χ3n) is 3.21. The van der Waals surface area contributed by atoms with Gasteiger partial charge in [-0.1, -0.05) is 5.11 Å². The molecule has 0 radical (unpaired) electrons. The molecule has 1 aliphatic rings. The molecule has 0 spiro atoms. The molecular weight excluding hydrogens is 354 g/mol. The molecule has 1 heterocycles. The van der Waals surface area contributed by atoms with Gasteiger partial charge in [0, 0.05) is 32.2 Å². The fourth-order valence-electron chi connectivity index (χ4n) is 2.39. The third kappa shape index (κ3) is 6.48. The van der Waals surface area contributed by atoms with Crippen molar-refractivity contribution in [3.05, 3.63) is 10.4 Å². The van der Waals surface area contributed by atoms with Crippen molar-refractivity contribution in [2.45, 2.75) is 51.5 Å². The van der Waals surface area contributed by atoms with Gasteiger partial charge in [0.2, 0.25) is 0 Å². The summed E-state index contributed by atoms with van der Waals surface area (Å²) in [7, 11) is 0. The van der Waals surface area contributed by atoms with E-state index in [9.17, 15) is 19.5 Å². The highest BCUT2D eigenvalue weighted by Crippen LogP contribution is 2.29. The molecule has 1 N–H and O–H groups in total. The van der Waals surface area contributed by atoms with Crippen molar-refractivity contribution in [2.75, 3.05) is 19.8 Å². The van der Waals surface area contributed by atoms with E-state index < -0.39 is 55.2 Å². The maximum Gasteiger partial charge on any atom is 0.303 e. The summed E-state index contributed by atoms with van der Waals surface area (Å²) in [5.41, 5.74) is 8.28. The van der Waals surface area contributed by atoms with E-state index in [4.69, 9.17) is 29.2 Å². The molecule has 12 heteroatoms. The smallest absolute Gasteiger partial charge is 0.303 e. The standard InChI is InChI=1S/C14H21N3O9/c1-7(19)23-11-10(6-18)26-14(22-5-4-16-17-15)13(25-9(3)21)12(11)24-8(2)20/h10-14,18H,4-6H2,1-3H3/t10-,11-,12+,13-,14-/m1/s1. The second-order valence-electron chi connectivity index (χ2n) is 5.27. The van der Waals surface area contributed by atoms with Gasteiger partial charge in [0.05, 0.1) is 13.2 Å². The SMILES string of the molecule is CC(=O)O[C@@H]1[C@@H](OC(C)=O)[C@H](OCCN=[N+]=[N-])O[C@H](CO)[C@H]1OC(C)=O. The maximum absolute atomic E-state index is 11.5. The van der Waals surface area contributed by atoms with Crippen LogP contribution in [0, 0.1) is 0 Å². The highest BCUT2D eigenvalue weighted by molar-refractivity contribution is 5.68. The zero-order chi connectivity index (χ0) is 19.7. The fraction of sp³-hybridized carbons (Fsp3) is 0.786. The molecule has 1 aliphatic heterocycles. The minimum Gasteiger partial charge on any atom is -0.456 e. The van der Waals surface area contributed by atoms with Gasteiger partial charge in [0.1, 0.15) is 6.10 Å². The number of rotatable bonds is 8. The molecule has 26 heavy (non-hydrogen) atoms. The number of aliphatic hydroxyl groups is 1. The summed E-state index contributed by atoms with van der Waals surface area (Å²) in [6, 6.07) is 0. The van der Waals surface area contributed by atoms with Crippen LogP contribution < -0.4 is 0 Å². The molecule has 0 unspecified atom stereocenters. The second kappa shape index (κ2) is 10.6. The van der Waals surface area contributed by atoms with Crippen LogP contribution >= 0.6 is 0 Å². The number of hydrogen-bond acceptors (Lipinski definition) is 10. The number of hydrogen-bond donors (Lipinski definition) is 1. The quantitative estimate of drug-likeness (QED) is 0.151. The van der Waals surface area contributed by atoms with E-state index in [2.05, 4.69) is 10.0 Å². The van der Waals surface area contributed by atoms with Gasteiger partial charge in [-0.05, 0) is 5.53 Å². The second-order valence-corrected chi connectivity index (χ2v) is 5.27. The lowest BCUT2D eigenvalue weighted by molar-refractivity contribution is -0.307. The van der Waals surface area contributed by atoms with E-state index in [0.29, 0.717) is 0 Å². The predicted octanol–water partition coefficient (Wildman–Crippen LogP) is -0.174. The molecular formula is C14H21N3O9. The summed E-state index contributed by atoms with van der Waals surface area (Å²) in [6.45, 7) is 2.67. The van der Waals surface area contributed by atoms with E-state index in [-0.39, 0.29) is 13.2 Å². The van der Waals surface area contributed by atoms with Gasteiger partial charge in [-0.2, -0.15) is 0 Å². The first-order valence-electron chi connectivity index (χ1n) is 7.70. The number of carbonyl (C=O) groups excluding carboxylic acids is 3. The zero-order valence-electron chi connectivity index (χ0n) is 14.6. The van der Waals surface area contributed by atoms with Crippen LogP contribution in [0.2, 0.25) is 0 Å². The zero-order valence-corrected chi connectivity index (χ0v) is 14.6. The van der Waals surface area contributed by atoms with E-state index in [0.717, 1.165) is 20.8 Å². The summed E-state index contributed by atoms with van der Waals surface area (Å²) in [4.78, 5) is 36.9. The highest BCUT2D eigenvalue weighted by atomic mass is 16.7. The molecule has 0 aromatic carbocycles. The normalized spacial score (nSPS) is 27.8. The molecule has 1 rings (SSSR count). The lowest BCUT2D eigenvalue weighted by Gasteiger charge is -2.43. The Morgan fingerprint density at radius 2 is 1.58 bits per heavy atom. The van der Waals surface area contributed by atoms with Crippen molar-refractivity contribution >= 4 is 17.9 Å². The molecule has 0 saturated carbocycles. The van der Waals surface area contributed by atoms with Crippen LogP contribution in [0.5, 0.6) is 0 Å². The van der Waals surface area contributed by atoms with Crippen LogP contribution in [0.4, 0.5) is 0 Å². The van der Waals surface area contributed by atoms with Crippen LogP contribution in [0.25, 0.3) is 10.4 Å². The van der Waals surface area contributed by atoms with Crippen LogP contribution in [0.1, 0.15) is 20.8 Å². The van der Waals surface area contributed by atoms with E-state index in [1.54, 1.807) is 0 Å². The van der Waals surface area contributed by atoms with Crippen molar-refractivity contribution in [2.24, 2.45) is 5.11 Å². The highest BCUT2D eigenvalue weighted by Gasteiger charge is 2.52. The topological polar surface area (TPSA) is 166 Å². The first-order valence-corrected chi connectivity index (χ1v) is 7.70. The first kappa shape index (κ1) is 21.6. The van der Waals surface area contributed by atoms with Gasteiger partial charge in [-0.25, -0.2) is 0 Å². The van der Waals surface area contributed by atoms with Crippen LogP contribution in [0.15, 0.2) is 5.11 Å². The fourth-order valence-corrected chi connectivity index (χ4v) is 2.39. The average molecular weight is 375 g/mol. The largest absolute Gasteiger partial charge is 0.456 e. The molecule has 12 nitrogen and oxygen atoms in total. The molecule has 0 aromatic heterocycles. The van der Waals surface area contributed by atoms with Gasteiger partial charge < -0.3 is 28.8 Å². The third-order valence-corrected chi connectivity index (χ3v) is 3.21. The van der Waals surface area contributed by atoms with Gasteiger partial charge in [0.25, 0.3) is 0 Å². The Morgan fingerprint density at radius 1 is 1.04 bits per heavy atom. The van der Waals surface area contributed by atoms with E-state index >= 15 is 0 Å². The number of carbonyl (C=O) groups is 3. The van der Waals surface area contributed by atoms with Gasteiger partial charge >= 0.3 is 17.9 Å². The molecule has 1 saturated heterocycles. The number of esters is 3. The van der Waals surface area contributed by atoms with Gasteiger partial charge in [0.15, 0.2) is 24.6 Å². The predicted molar refractivity (Wildman–Crippen MR) is 82.4 cm³/mol. The van der Waals surface area contributed by atoms with E-state index in [1.165, 1.54) is 0 Å². The molecule has 0 aliphatic carbocycles. The molecule has 1 fully saturated rings. The average Bonchev–Trinajstić information content (AvgIpc) is 2.54. The molecule has 146 valence electrons. The lowest BCUT2D eigenvalue weighted by atomic mass is 9.98. The number of ether oxygens (including phenoxy) is 5. The van der Waals surface area contributed by atoms with Crippen molar-refractivity contribution in [1.29, 1.82) is 0 Å². The molecule has 0 amide bonds. The Kier molecular flexibility index (Phi) is 8.79. The Balaban J connectivity index is 3.12.